The largest absolute Gasteiger partial charge is 0.227 e. The lowest BCUT2D eigenvalue weighted by Gasteiger charge is -2.49. The molecule has 0 heterocycles. The Morgan fingerprint density at radius 1 is 1.21 bits per heavy atom. The molecule has 4 heteroatoms. The molecule has 1 spiro atoms. The average Bonchev–Trinajstić information content (AvgIpc) is 2.46. The Bertz CT molecular complexity index is 377. The summed E-state index contributed by atoms with van der Waals surface area (Å²) < 4.78 is 21.9. The fraction of sp³-hybridized carbons (Fsp3) is 0.900. The fourth-order valence-electron chi connectivity index (χ4n) is 3.06. The van der Waals surface area contributed by atoms with E-state index < -0.39 is 14.6 Å². The predicted molar refractivity (Wildman–Crippen MR) is 53.3 cm³/mol. The van der Waals surface area contributed by atoms with Crippen LogP contribution in [0.15, 0.2) is 0 Å². The van der Waals surface area contributed by atoms with Gasteiger partial charge >= 0.3 is 0 Å². The summed E-state index contributed by atoms with van der Waals surface area (Å²) >= 11 is 0. The summed E-state index contributed by atoms with van der Waals surface area (Å²) in [5, 5.41) is 8.99. The molecule has 14 heavy (non-hydrogen) atoms. The van der Waals surface area contributed by atoms with Gasteiger partial charge in [-0.3, -0.25) is 0 Å². The SMILES string of the molecule is CS(=O)(=O)C1(C#N)CC2(CCCC2)C1. The van der Waals surface area contributed by atoms with Crippen LogP contribution in [-0.2, 0) is 9.84 Å². The van der Waals surface area contributed by atoms with E-state index in [2.05, 4.69) is 0 Å². The Balaban J connectivity index is 2.21. The third-order valence-corrected chi connectivity index (χ3v) is 5.70. The molecule has 0 aliphatic heterocycles. The smallest absolute Gasteiger partial charge is 0.166 e. The van der Waals surface area contributed by atoms with Crippen LogP contribution in [-0.4, -0.2) is 19.4 Å². The molecule has 2 fully saturated rings. The number of nitriles is 1. The molecule has 2 saturated carbocycles. The first-order valence-electron chi connectivity index (χ1n) is 5.04. The molecule has 0 unspecified atom stereocenters. The van der Waals surface area contributed by atoms with Crippen LogP contribution in [0, 0.1) is 16.7 Å². The van der Waals surface area contributed by atoms with Gasteiger partial charge in [-0.15, -0.1) is 0 Å². The van der Waals surface area contributed by atoms with Gasteiger partial charge in [0, 0.05) is 6.26 Å². The third kappa shape index (κ3) is 1.18. The lowest BCUT2D eigenvalue weighted by molar-refractivity contribution is 0.113. The molecule has 0 aromatic rings. The van der Waals surface area contributed by atoms with Gasteiger partial charge in [-0.05, 0) is 31.1 Å². The molecule has 0 aromatic carbocycles. The van der Waals surface area contributed by atoms with Crippen molar-refractivity contribution in [3.63, 3.8) is 0 Å². The number of nitrogens with zero attached hydrogens (tertiary/aromatic N) is 1. The van der Waals surface area contributed by atoms with Gasteiger partial charge in [0.2, 0.25) is 0 Å². The quantitative estimate of drug-likeness (QED) is 0.665. The van der Waals surface area contributed by atoms with Crippen molar-refractivity contribution in [2.24, 2.45) is 5.41 Å². The minimum Gasteiger partial charge on any atom is -0.227 e. The summed E-state index contributed by atoms with van der Waals surface area (Å²) in [5.41, 5.74) is 0.207. The van der Waals surface area contributed by atoms with E-state index >= 15 is 0 Å². The minimum absolute atomic E-state index is 0.207. The first-order chi connectivity index (χ1) is 6.43. The lowest BCUT2D eigenvalue weighted by Crippen LogP contribution is -2.54. The zero-order valence-electron chi connectivity index (χ0n) is 8.41. The molecule has 2 aliphatic carbocycles. The molecule has 3 nitrogen and oxygen atoms in total. The van der Waals surface area contributed by atoms with Crippen molar-refractivity contribution in [3.8, 4) is 6.07 Å². The highest BCUT2D eigenvalue weighted by molar-refractivity contribution is 7.92. The van der Waals surface area contributed by atoms with Crippen LogP contribution >= 0.6 is 0 Å². The Morgan fingerprint density at radius 3 is 2.07 bits per heavy atom. The maximum absolute atomic E-state index is 11.5. The summed E-state index contributed by atoms with van der Waals surface area (Å²) in [4.78, 5) is 0. The van der Waals surface area contributed by atoms with E-state index in [1.165, 1.54) is 19.1 Å². The van der Waals surface area contributed by atoms with E-state index in [4.69, 9.17) is 5.26 Å². The summed E-state index contributed by atoms with van der Waals surface area (Å²) in [5.74, 6) is 0. The van der Waals surface area contributed by atoms with E-state index in [1.54, 1.807) is 0 Å². The fourth-order valence-corrected chi connectivity index (χ4v) is 4.37. The van der Waals surface area contributed by atoms with Crippen molar-refractivity contribution in [1.29, 1.82) is 5.26 Å². The third-order valence-electron chi connectivity index (χ3n) is 3.90. The Hall–Kier alpha value is -0.560. The van der Waals surface area contributed by atoms with Crippen molar-refractivity contribution in [1.82, 2.24) is 0 Å². The molecular weight excluding hydrogens is 198 g/mol. The summed E-state index contributed by atoms with van der Waals surface area (Å²) in [7, 11) is -3.20. The van der Waals surface area contributed by atoms with Crippen LogP contribution in [0.3, 0.4) is 0 Å². The van der Waals surface area contributed by atoms with Gasteiger partial charge in [-0.2, -0.15) is 5.26 Å². The van der Waals surface area contributed by atoms with Gasteiger partial charge in [-0.25, -0.2) is 8.42 Å². The number of hydrogen-bond donors (Lipinski definition) is 0. The van der Waals surface area contributed by atoms with Crippen molar-refractivity contribution < 1.29 is 8.42 Å². The maximum Gasteiger partial charge on any atom is 0.166 e. The summed E-state index contributed by atoms with van der Waals surface area (Å²) in [6.07, 6.45) is 6.98. The normalized spacial score (nSPS) is 28.3. The zero-order chi connectivity index (χ0) is 10.4. The van der Waals surface area contributed by atoms with Crippen LogP contribution in [0.1, 0.15) is 38.5 Å². The monoisotopic (exact) mass is 213 g/mol. The molecule has 0 radical (unpaired) electrons. The minimum atomic E-state index is -3.20. The van der Waals surface area contributed by atoms with Crippen molar-refractivity contribution >= 4 is 9.84 Å². The Morgan fingerprint density at radius 2 is 1.71 bits per heavy atom. The van der Waals surface area contributed by atoms with Crippen LogP contribution in [0.25, 0.3) is 0 Å². The summed E-state index contributed by atoms with van der Waals surface area (Å²) in [6.45, 7) is 0. The van der Waals surface area contributed by atoms with Crippen molar-refractivity contribution in [2.75, 3.05) is 6.26 Å². The number of rotatable bonds is 1. The van der Waals surface area contributed by atoms with Crippen LogP contribution in [0.5, 0.6) is 0 Å². The maximum atomic E-state index is 11.5. The molecule has 0 saturated heterocycles. The molecule has 0 bridgehead atoms. The molecular formula is C10H15NO2S. The second-order valence-corrected chi connectivity index (χ2v) is 7.26. The second kappa shape index (κ2) is 2.73. The molecule has 78 valence electrons. The van der Waals surface area contributed by atoms with E-state index in [0.717, 1.165) is 12.8 Å². The van der Waals surface area contributed by atoms with Gasteiger partial charge in [0.05, 0.1) is 6.07 Å². The highest BCUT2D eigenvalue weighted by Crippen LogP contribution is 2.60. The van der Waals surface area contributed by atoms with Gasteiger partial charge < -0.3 is 0 Å². The molecule has 0 amide bonds. The average molecular weight is 213 g/mol. The first-order valence-corrected chi connectivity index (χ1v) is 6.93. The van der Waals surface area contributed by atoms with E-state index in [1.807, 2.05) is 6.07 Å². The highest BCUT2D eigenvalue weighted by Gasteiger charge is 2.61. The molecule has 2 aliphatic rings. The second-order valence-electron chi connectivity index (χ2n) is 4.94. The van der Waals surface area contributed by atoms with Crippen LogP contribution in [0.2, 0.25) is 0 Å². The number of hydrogen-bond acceptors (Lipinski definition) is 3. The Kier molecular flexibility index (Phi) is 1.94. The van der Waals surface area contributed by atoms with Crippen molar-refractivity contribution in [2.45, 2.75) is 43.3 Å². The topological polar surface area (TPSA) is 57.9 Å². The van der Waals surface area contributed by atoms with Crippen molar-refractivity contribution in [3.05, 3.63) is 0 Å². The Labute approximate surface area is 85.0 Å². The van der Waals surface area contributed by atoms with E-state index in [-0.39, 0.29) is 5.41 Å². The number of sulfone groups is 1. The van der Waals surface area contributed by atoms with Gasteiger partial charge in [0.25, 0.3) is 0 Å². The summed E-state index contributed by atoms with van der Waals surface area (Å²) in [6, 6.07) is 2.02. The lowest BCUT2D eigenvalue weighted by atomic mass is 9.61. The standard InChI is InChI=1S/C10H15NO2S/c1-14(12,13)10(8-11)6-9(7-10)4-2-3-5-9/h2-7H2,1H3. The van der Waals surface area contributed by atoms with E-state index in [9.17, 15) is 8.42 Å². The van der Waals surface area contributed by atoms with E-state index in [0.29, 0.717) is 12.8 Å². The molecule has 0 atom stereocenters. The van der Waals surface area contributed by atoms with Crippen LogP contribution < -0.4 is 0 Å². The molecule has 2 rings (SSSR count). The van der Waals surface area contributed by atoms with Gasteiger partial charge in [0.1, 0.15) is 0 Å². The molecule has 0 N–H and O–H groups in total. The van der Waals surface area contributed by atoms with Gasteiger partial charge in [0.15, 0.2) is 14.6 Å². The first kappa shape index (κ1) is 9.97. The predicted octanol–water partition coefficient (Wildman–Crippen LogP) is 1.65. The highest BCUT2D eigenvalue weighted by atomic mass is 32.2. The van der Waals surface area contributed by atoms with Crippen LogP contribution in [0.4, 0.5) is 0 Å². The van der Waals surface area contributed by atoms with Gasteiger partial charge in [-0.1, -0.05) is 12.8 Å². The molecule has 0 aromatic heterocycles. The zero-order valence-corrected chi connectivity index (χ0v) is 9.23.